The highest BCUT2D eigenvalue weighted by molar-refractivity contribution is 5.81. The van der Waals surface area contributed by atoms with Crippen molar-refractivity contribution in [2.45, 2.75) is 6.36 Å². The van der Waals surface area contributed by atoms with Crippen LogP contribution in [0.5, 0.6) is 5.75 Å². The Labute approximate surface area is 112 Å². The summed E-state index contributed by atoms with van der Waals surface area (Å²) in [7, 11) is 0. The number of rotatable bonds is 2. The number of H-pyrrole nitrogens is 1. The maximum absolute atomic E-state index is 12.1. The molecule has 2 aromatic heterocycles. The Balaban J connectivity index is 1.90. The smallest absolute Gasteiger partial charge is 0.406 e. The van der Waals surface area contributed by atoms with Crippen LogP contribution in [0.15, 0.2) is 48.8 Å². The van der Waals surface area contributed by atoms with Crippen molar-refractivity contribution < 1.29 is 17.9 Å². The van der Waals surface area contributed by atoms with Gasteiger partial charge < -0.3 is 9.72 Å². The second kappa shape index (κ2) is 4.56. The topological polar surface area (TPSA) is 37.9 Å². The molecule has 1 N–H and O–H groups in total. The van der Waals surface area contributed by atoms with Crippen molar-refractivity contribution in [2.24, 2.45) is 0 Å². The van der Waals surface area contributed by atoms with Crippen LogP contribution in [-0.2, 0) is 0 Å². The first kappa shape index (κ1) is 12.5. The molecular weight excluding hydrogens is 269 g/mol. The Hall–Kier alpha value is -2.50. The quantitative estimate of drug-likeness (QED) is 0.765. The van der Waals surface area contributed by atoms with Gasteiger partial charge in [0, 0.05) is 23.3 Å². The Morgan fingerprint density at radius 3 is 2.45 bits per heavy atom. The lowest BCUT2D eigenvalue weighted by molar-refractivity contribution is -0.274. The number of fused-ring (bicyclic) bond motifs is 1. The van der Waals surface area contributed by atoms with Gasteiger partial charge in [0.05, 0.1) is 0 Å². The maximum Gasteiger partial charge on any atom is 0.573 e. The zero-order chi connectivity index (χ0) is 14.2. The summed E-state index contributed by atoms with van der Waals surface area (Å²) in [5.74, 6) is -0.239. The van der Waals surface area contributed by atoms with Crippen molar-refractivity contribution in [2.75, 3.05) is 0 Å². The fourth-order valence-electron chi connectivity index (χ4n) is 1.95. The highest BCUT2D eigenvalue weighted by atomic mass is 19.4. The fraction of sp³-hybridized carbons (Fsp3) is 0.0714. The summed E-state index contributed by atoms with van der Waals surface area (Å²) in [6.07, 6.45) is -1.23. The monoisotopic (exact) mass is 278 g/mol. The molecule has 0 aliphatic heterocycles. The van der Waals surface area contributed by atoms with E-state index in [0.717, 1.165) is 22.2 Å². The molecule has 0 amide bonds. The molecule has 0 radical (unpaired) electrons. The highest BCUT2D eigenvalue weighted by Crippen LogP contribution is 2.27. The molecule has 0 unspecified atom stereocenters. The van der Waals surface area contributed by atoms with Gasteiger partial charge in [-0.15, -0.1) is 13.2 Å². The average molecular weight is 278 g/mol. The van der Waals surface area contributed by atoms with Crippen LogP contribution < -0.4 is 4.74 Å². The Morgan fingerprint density at radius 1 is 1.00 bits per heavy atom. The van der Waals surface area contributed by atoms with Crippen LogP contribution in [0, 0.1) is 0 Å². The van der Waals surface area contributed by atoms with Crippen LogP contribution in [0.2, 0.25) is 0 Å². The lowest BCUT2D eigenvalue weighted by Gasteiger charge is -2.09. The molecule has 0 spiro atoms. The van der Waals surface area contributed by atoms with Crippen LogP contribution in [-0.4, -0.2) is 16.3 Å². The largest absolute Gasteiger partial charge is 0.573 e. The highest BCUT2D eigenvalue weighted by Gasteiger charge is 2.30. The summed E-state index contributed by atoms with van der Waals surface area (Å²) >= 11 is 0. The summed E-state index contributed by atoms with van der Waals surface area (Å²) in [5.41, 5.74) is 2.37. The number of nitrogens with zero attached hydrogens (tertiary/aromatic N) is 1. The van der Waals surface area contributed by atoms with Gasteiger partial charge in [0.2, 0.25) is 0 Å². The number of pyridine rings is 1. The minimum atomic E-state index is -4.67. The minimum Gasteiger partial charge on any atom is -0.406 e. The molecule has 0 bridgehead atoms. The molecule has 1 aromatic carbocycles. The lowest BCUT2D eigenvalue weighted by atomic mass is 10.1. The number of aromatic nitrogens is 2. The number of hydrogen-bond donors (Lipinski definition) is 1. The average Bonchev–Trinajstić information content (AvgIpc) is 2.85. The summed E-state index contributed by atoms with van der Waals surface area (Å²) in [5, 5.41) is 0.943. The molecule has 2 heterocycles. The molecule has 3 nitrogen and oxygen atoms in total. The molecule has 6 heteroatoms. The first-order valence-electron chi connectivity index (χ1n) is 5.81. The minimum absolute atomic E-state index is 0.239. The van der Waals surface area contributed by atoms with E-state index in [1.807, 2.05) is 12.1 Å². The summed E-state index contributed by atoms with van der Waals surface area (Å²) in [6, 6.07) is 9.49. The molecule has 0 aliphatic rings. The number of benzene rings is 1. The zero-order valence-electron chi connectivity index (χ0n) is 10.1. The number of halogens is 3. The molecule has 0 saturated heterocycles. The van der Waals surface area contributed by atoms with Crippen LogP contribution in [0.3, 0.4) is 0 Å². The van der Waals surface area contributed by atoms with Gasteiger partial charge in [-0.05, 0) is 29.8 Å². The number of ether oxygens (including phenoxy) is 1. The number of alkyl halides is 3. The Morgan fingerprint density at radius 2 is 1.75 bits per heavy atom. The molecule has 102 valence electrons. The van der Waals surface area contributed by atoms with E-state index in [1.165, 1.54) is 12.1 Å². The Bertz CT molecular complexity index is 732. The van der Waals surface area contributed by atoms with Gasteiger partial charge >= 0.3 is 6.36 Å². The predicted octanol–water partition coefficient (Wildman–Crippen LogP) is 4.13. The van der Waals surface area contributed by atoms with Gasteiger partial charge in [-0.2, -0.15) is 0 Å². The van der Waals surface area contributed by atoms with Crippen molar-refractivity contribution in [3.63, 3.8) is 0 Å². The third-order valence-corrected chi connectivity index (χ3v) is 2.82. The van der Waals surface area contributed by atoms with E-state index < -0.39 is 6.36 Å². The van der Waals surface area contributed by atoms with E-state index in [2.05, 4.69) is 14.7 Å². The molecule has 3 aromatic rings. The van der Waals surface area contributed by atoms with Crippen molar-refractivity contribution in [3.05, 3.63) is 48.8 Å². The first-order valence-corrected chi connectivity index (χ1v) is 5.81. The van der Waals surface area contributed by atoms with Crippen LogP contribution >= 0.6 is 0 Å². The molecule has 0 atom stereocenters. The van der Waals surface area contributed by atoms with Crippen LogP contribution in [0.1, 0.15) is 0 Å². The van der Waals surface area contributed by atoms with Gasteiger partial charge in [-0.1, -0.05) is 12.1 Å². The van der Waals surface area contributed by atoms with Gasteiger partial charge in [0.25, 0.3) is 0 Å². The summed E-state index contributed by atoms with van der Waals surface area (Å²) in [4.78, 5) is 7.21. The molecule has 20 heavy (non-hydrogen) atoms. The van der Waals surface area contributed by atoms with Crippen molar-refractivity contribution in [1.29, 1.82) is 0 Å². The predicted molar refractivity (Wildman–Crippen MR) is 68.2 cm³/mol. The molecule has 0 aliphatic carbocycles. The summed E-state index contributed by atoms with van der Waals surface area (Å²) in [6.45, 7) is 0. The van der Waals surface area contributed by atoms with E-state index in [4.69, 9.17) is 0 Å². The van der Waals surface area contributed by atoms with Gasteiger partial charge in [-0.25, -0.2) is 4.98 Å². The van der Waals surface area contributed by atoms with Crippen LogP contribution in [0.25, 0.3) is 22.2 Å². The number of hydrogen-bond acceptors (Lipinski definition) is 2. The molecule has 0 fully saturated rings. The third-order valence-electron chi connectivity index (χ3n) is 2.82. The van der Waals surface area contributed by atoms with E-state index in [-0.39, 0.29) is 5.75 Å². The lowest BCUT2D eigenvalue weighted by Crippen LogP contribution is -2.16. The zero-order valence-corrected chi connectivity index (χ0v) is 10.1. The van der Waals surface area contributed by atoms with E-state index >= 15 is 0 Å². The SMILES string of the molecule is FC(F)(F)Oc1ccc(-c2cnc3[nH]ccc3c2)cc1. The molecule has 0 saturated carbocycles. The normalized spacial score (nSPS) is 11.8. The summed E-state index contributed by atoms with van der Waals surface area (Å²) < 4.78 is 40.0. The first-order chi connectivity index (χ1) is 9.51. The van der Waals surface area contributed by atoms with Crippen molar-refractivity contribution in [3.8, 4) is 16.9 Å². The standard InChI is InChI=1S/C14H9F3N2O/c15-14(16,17)20-12-3-1-9(2-4-12)11-7-10-5-6-18-13(10)19-8-11/h1-8H,(H,18,19). The second-order valence-corrected chi connectivity index (χ2v) is 4.21. The maximum atomic E-state index is 12.1. The van der Waals surface area contributed by atoms with E-state index in [1.54, 1.807) is 24.5 Å². The fourth-order valence-corrected chi connectivity index (χ4v) is 1.95. The van der Waals surface area contributed by atoms with E-state index in [9.17, 15) is 13.2 Å². The Kier molecular flexibility index (Phi) is 2.85. The second-order valence-electron chi connectivity index (χ2n) is 4.21. The van der Waals surface area contributed by atoms with Crippen LogP contribution in [0.4, 0.5) is 13.2 Å². The van der Waals surface area contributed by atoms with Gasteiger partial charge in [0.1, 0.15) is 11.4 Å². The van der Waals surface area contributed by atoms with Crippen molar-refractivity contribution >= 4 is 11.0 Å². The van der Waals surface area contributed by atoms with Crippen molar-refractivity contribution in [1.82, 2.24) is 9.97 Å². The molecular formula is C14H9F3N2O. The third kappa shape index (κ3) is 2.59. The number of aromatic amines is 1. The van der Waals surface area contributed by atoms with E-state index in [0.29, 0.717) is 0 Å². The van der Waals surface area contributed by atoms with Gasteiger partial charge in [0.15, 0.2) is 0 Å². The van der Waals surface area contributed by atoms with Gasteiger partial charge in [-0.3, -0.25) is 0 Å². The number of nitrogens with one attached hydrogen (secondary N) is 1. The molecule has 3 rings (SSSR count).